The summed E-state index contributed by atoms with van der Waals surface area (Å²) in [6.45, 7) is 1.99. The topological polar surface area (TPSA) is 61.8 Å². The Labute approximate surface area is 89.9 Å². The molecule has 0 bridgehead atoms. The van der Waals surface area contributed by atoms with Gasteiger partial charge < -0.3 is 11.1 Å². The van der Waals surface area contributed by atoms with E-state index in [2.05, 4.69) is 11.4 Å². The maximum Gasteiger partial charge on any atom is 0.101 e. The van der Waals surface area contributed by atoms with Crippen molar-refractivity contribution in [1.82, 2.24) is 0 Å². The number of benzene rings is 1. The molecule has 1 aromatic rings. The van der Waals surface area contributed by atoms with Crippen LogP contribution < -0.4 is 11.1 Å². The van der Waals surface area contributed by atoms with E-state index in [0.717, 1.165) is 29.7 Å². The summed E-state index contributed by atoms with van der Waals surface area (Å²) in [5.41, 5.74) is 8.47. The Bertz CT molecular complexity index is 400. The van der Waals surface area contributed by atoms with Crippen LogP contribution in [0, 0.1) is 18.3 Å². The molecule has 2 rings (SSSR count). The van der Waals surface area contributed by atoms with Gasteiger partial charge in [-0.1, -0.05) is 6.07 Å². The summed E-state index contributed by atoms with van der Waals surface area (Å²) >= 11 is 0. The molecule has 3 heteroatoms. The Morgan fingerprint density at radius 2 is 2.20 bits per heavy atom. The Hall–Kier alpha value is -1.53. The number of rotatable bonds is 2. The first kappa shape index (κ1) is 10.0. The third-order valence-electron chi connectivity index (χ3n) is 2.83. The number of nitriles is 1. The van der Waals surface area contributed by atoms with Crippen LogP contribution in [0.2, 0.25) is 0 Å². The Kier molecular flexibility index (Phi) is 2.61. The van der Waals surface area contributed by atoms with Gasteiger partial charge in [0.1, 0.15) is 6.07 Å². The van der Waals surface area contributed by atoms with Crippen LogP contribution in [0.15, 0.2) is 18.2 Å². The Morgan fingerprint density at radius 1 is 1.47 bits per heavy atom. The molecule has 0 spiro atoms. The van der Waals surface area contributed by atoms with Crippen molar-refractivity contribution < 1.29 is 0 Å². The zero-order valence-corrected chi connectivity index (χ0v) is 8.83. The van der Waals surface area contributed by atoms with Crippen LogP contribution in [0.5, 0.6) is 0 Å². The second-order valence-corrected chi connectivity index (χ2v) is 4.23. The van der Waals surface area contributed by atoms with Crippen LogP contribution >= 0.6 is 0 Å². The van der Waals surface area contributed by atoms with Gasteiger partial charge in [0, 0.05) is 12.1 Å². The maximum absolute atomic E-state index is 8.98. The molecule has 1 fully saturated rings. The predicted molar refractivity (Wildman–Crippen MR) is 60.5 cm³/mol. The first-order valence-electron chi connectivity index (χ1n) is 5.22. The Morgan fingerprint density at radius 3 is 2.80 bits per heavy atom. The number of nitrogens with zero attached hydrogens (tertiary/aromatic N) is 1. The van der Waals surface area contributed by atoms with Gasteiger partial charge in [0.2, 0.25) is 0 Å². The summed E-state index contributed by atoms with van der Waals surface area (Å²) in [6.07, 6.45) is 2.00. The lowest BCUT2D eigenvalue weighted by Crippen LogP contribution is -2.44. The normalized spacial score (nSPS) is 24.1. The van der Waals surface area contributed by atoms with E-state index in [1.807, 2.05) is 25.1 Å². The minimum Gasteiger partial charge on any atom is -0.381 e. The van der Waals surface area contributed by atoms with Crippen molar-refractivity contribution >= 4 is 5.69 Å². The van der Waals surface area contributed by atoms with Crippen molar-refractivity contribution in [2.75, 3.05) is 5.32 Å². The number of nitrogens with two attached hydrogens (primary N) is 1. The largest absolute Gasteiger partial charge is 0.381 e. The first-order valence-corrected chi connectivity index (χ1v) is 5.22. The summed E-state index contributed by atoms with van der Waals surface area (Å²) in [6, 6.07) is 8.87. The fourth-order valence-corrected chi connectivity index (χ4v) is 1.88. The molecule has 1 aliphatic carbocycles. The van der Waals surface area contributed by atoms with Gasteiger partial charge in [-0.05, 0) is 37.5 Å². The van der Waals surface area contributed by atoms with Crippen LogP contribution in [0.1, 0.15) is 24.0 Å². The molecule has 0 amide bonds. The molecule has 15 heavy (non-hydrogen) atoms. The predicted octanol–water partition coefficient (Wildman–Crippen LogP) is 1.77. The highest BCUT2D eigenvalue weighted by Crippen LogP contribution is 2.25. The van der Waals surface area contributed by atoms with Crippen LogP contribution in [0.4, 0.5) is 5.69 Å². The van der Waals surface area contributed by atoms with Crippen molar-refractivity contribution in [1.29, 1.82) is 5.26 Å². The minimum absolute atomic E-state index is 0.332. The van der Waals surface area contributed by atoms with Gasteiger partial charge in [0.15, 0.2) is 0 Å². The lowest BCUT2D eigenvalue weighted by Gasteiger charge is -2.34. The van der Waals surface area contributed by atoms with Gasteiger partial charge in [-0.2, -0.15) is 5.26 Å². The summed E-state index contributed by atoms with van der Waals surface area (Å²) in [5, 5.41) is 12.3. The quantitative estimate of drug-likeness (QED) is 0.766. The summed E-state index contributed by atoms with van der Waals surface area (Å²) in [5.74, 6) is 0. The number of anilines is 1. The molecule has 0 unspecified atom stereocenters. The SMILES string of the molecule is Cc1ccc(NC2CC(N)C2)c(C#N)c1. The van der Waals surface area contributed by atoms with E-state index < -0.39 is 0 Å². The van der Waals surface area contributed by atoms with Crippen molar-refractivity contribution in [3.8, 4) is 6.07 Å². The molecule has 0 aromatic heterocycles. The van der Waals surface area contributed by atoms with E-state index in [1.54, 1.807) is 0 Å². The number of aryl methyl sites for hydroxylation is 1. The molecular formula is C12H15N3. The third kappa shape index (κ3) is 2.11. The highest BCUT2D eigenvalue weighted by atomic mass is 15.0. The fraction of sp³-hybridized carbons (Fsp3) is 0.417. The molecule has 3 N–H and O–H groups in total. The minimum atomic E-state index is 0.332. The van der Waals surface area contributed by atoms with E-state index >= 15 is 0 Å². The zero-order valence-electron chi connectivity index (χ0n) is 8.83. The smallest absolute Gasteiger partial charge is 0.101 e. The van der Waals surface area contributed by atoms with Gasteiger partial charge in [-0.15, -0.1) is 0 Å². The van der Waals surface area contributed by atoms with Crippen LogP contribution in [0.25, 0.3) is 0 Å². The highest BCUT2D eigenvalue weighted by Gasteiger charge is 2.25. The monoisotopic (exact) mass is 201 g/mol. The number of nitrogens with one attached hydrogen (secondary N) is 1. The number of hydrogen-bond acceptors (Lipinski definition) is 3. The van der Waals surface area contributed by atoms with Gasteiger partial charge in [-0.3, -0.25) is 0 Å². The van der Waals surface area contributed by atoms with Gasteiger partial charge in [-0.25, -0.2) is 0 Å². The lowest BCUT2D eigenvalue weighted by atomic mass is 9.87. The van der Waals surface area contributed by atoms with Crippen LogP contribution in [0.3, 0.4) is 0 Å². The molecular weight excluding hydrogens is 186 g/mol. The molecule has 3 nitrogen and oxygen atoms in total. The average Bonchev–Trinajstić information content (AvgIpc) is 2.18. The average molecular weight is 201 g/mol. The fourth-order valence-electron chi connectivity index (χ4n) is 1.88. The van der Waals surface area contributed by atoms with E-state index in [0.29, 0.717) is 12.1 Å². The van der Waals surface area contributed by atoms with Gasteiger partial charge >= 0.3 is 0 Å². The van der Waals surface area contributed by atoms with Gasteiger partial charge in [0.05, 0.1) is 11.3 Å². The van der Waals surface area contributed by atoms with E-state index in [1.165, 1.54) is 0 Å². The molecule has 0 saturated heterocycles. The molecule has 78 valence electrons. The highest BCUT2D eigenvalue weighted by molar-refractivity contribution is 5.59. The molecule has 1 aromatic carbocycles. The van der Waals surface area contributed by atoms with E-state index in [9.17, 15) is 0 Å². The second kappa shape index (κ2) is 3.92. The van der Waals surface area contributed by atoms with Crippen molar-refractivity contribution in [2.45, 2.75) is 31.8 Å². The molecule has 1 saturated carbocycles. The van der Waals surface area contributed by atoms with Crippen molar-refractivity contribution in [2.24, 2.45) is 5.73 Å². The first-order chi connectivity index (χ1) is 7.19. The Balaban J connectivity index is 2.11. The number of hydrogen-bond donors (Lipinski definition) is 2. The third-order valence-corrected chi connectivity index (χ3v) is 2.83. The molecule has 0 heterocycles. The molecule has 0 atom stereocenters. The van der Waals surface area contributed by atoms with Crippen LogP contribution in [-0.2, 0) is 0 Å². The molecule has 0 radical (unpaired) electrons. The molecule has 1 aliphatic rings. The van der Waals surface area contributed by atoms with Gasteiger partial charge in [0.25, 0.3) is 0 Å². The van der Waals surface area contributed by atoms with Crippen molar-refractivity contribution in [3.05, 3.63) is 29.3 Å². The van der Waals surface area contributed by atoms with Crippen LogP contribution in [-0.4, -0.2) is 12.1 Å². The standard InChI is InChI=1S/C12H15N3/c1-8-2-3-12(9(4-8)7-13)15-11-5-10(14)6-11/h2-4,10-11,15H,5-6,14H2,1H3. The zero-order chi connectivity index (χ0) is 10.8. The summed E-state index contributed by atoms with van der Waals surface area (Å²) in [4.78, 5) is 0. The van der Waals surface area contributed by atoms with E-state index in [4.69, 9.17) is 11.0 Å². The van der Waals surface area contributed by atoms with E-state index in [-0.39, 0.29) is 0 Å². The molecule has 0 aliphatic heterocycles. The maximum atomic E-state index is 8.98. The second-order valence-electron chi connectivity index (χ2n) is 4.23. The summed E-state index contributed by atoms with van der Waals surface area (Å²) < 4.78 is 0. The summed E-state index contributed by atoms with van der Waals surface area (Å²) in [7, 11) is 0. The lowest BCUT2D eigenvalue weighted by molar-refractivity contribution is 0.373. The van der Waals surface area contributed by atoms with Crippen molar-refractivity contribution in [3.63, 3.8) is 0 Å².